The van der Waals surface area contributed by atoms with Crippen molar-refractivity contribution < 1.29 is 4.79 Å². The predicted octanol–water partition coefficient (Wildman–Crippen LogP) is 3.63. The highest BCUT2D eigenvalue weighted by molar-refractivity contribution is 6.35. The standard InChI is InChI=1S/C16H11Cl2N3O/c17-12-6-10-3-9(5-14(18)15(10)21-8-12)4-11-7-20-2-1-13(11)16(19)22/h1-3,5-8H,4H2,(H2,19,22). The van der Waals surface area contributed by atoms with Gasteiger partial charge < -0.3 is 5.73 Å². The zero-order valence-corrected chi connectivity index (χ0v) is 12.9. The van der Waals surface area contributed by atoms with Crippen LogP contribution in [0.25, 0.3) is 10.9 Å². The van der Waals surface area contributed by atoms with Crippen molar-refractivity contribution >= 4 is 40.0 Å². The molecule has 0 atom stereocenters. The van der Waals surface area contributed by atoms with Crippen LogP contribution < -0.4 is 5.73 Å². The fourth-order valence-corrected chi connectivity index (χ4v) is 2.83. The third kappa shape index (κ3) is 2.89. The highest BCUT2D eigenvalue weighted by atomic mass is 35.5. The number of nitrogens with two attached hydrogens (primary N) is 1. The van der Waals surface area contributed by atoms with E-state index in [0.717, 1.165) is 16.5 Å². The quantitative estimate of drug-likeness (QED) is 0.796. The van der Waals surface area contributed by atoms with E-state index in [4.69, 9.17) is 28.9 Å². The Balaban J connectivity index is 2.06. The van der Waals surface area contributed by atoms with Gasteiger partial charge in [0.25, 0.3) is 0 Å². The first-order valence-corrected chi connectivity index (χ1v) is 7.26. The van der Waals surface area contributed by atoms with Gasteiger partial charge in [-0.15, -0.1) is 0 Å². The summed E-state index contributed by atoms with van der Waals surface area (Å²) in [5.74, 6) is -0.478. The Kier molecular flexibility index (Phi) is 3.96. The summed E-state index contributed by atoms with van der Waals surface area (Å²) < 4.78 is 0. The number of carbonyl (C=O) groups excluding carboxylic acids is 1. The van der Waals surface area contributed by atoms with E-state index in [9.17, 15) is 4.79 Å². The monoisotopic (exact) mass is 331 g/mol. The lowest BCUT2D eigenvalue weighted by atomic mass is 10.00. The van der Waals surface area contributed by atoms with Gasteiger partial charge in [-0.25, -0.2) is 0 Å². The molecule has 4 nitrogen and oxygen atoms in total. The number of fused-ring (bicyclic) bond motifs is 1. The topological polar surface area (TPSA) is 68.9 Å². The van der Waals surface area contributed by atoms with Gasteiger partial charge in [0.15, 0.2) is 0 Å². The SMILES string of the molecule is NC(=O)c1ccncc1Cc1cc(Cl)c2ncc(Cl)cc2c1. The molecule has 0 fully saturated rings. The second-order valence-corrected chi connectivity index (χ2v) is 5.72. The lowest BCUT2D eigenvalue weighted by molar-refractivity contribution is 0.0999. The Morgan fingerprint density at radius 2 is 2.00 bits per heavy atom. The molecule has 3 rings (SSSR count). The first kappa shape index (κ1) is 14.8. The van der Waals surface area contributed by atoms with Crippen molar-refractivity contribution in [2.45, 2.75) is 6.42 Å². The summed E-state index contributed by atoms with van der Waals surface area (Å²) in [5, 5.41) is 1.92. The predicted molar refractivity (Wildman–Crippen MR) is 87.3 cm³/mol. The molecule has 110 valence electrons. The van der Waals surface area contributed by atoms with Crippen molar-refractivity contribution in [2.75, 3.05) is 0 Å². The van der Waals surface area contributed by atoms with E-state index in [2.05, 4.69) is 9.97 Å². The molecule has 0 aliphatic rings. The maximum atomic E-state index is 11.5. The third-order valence-corrected chi connectivity index (χ3v) is 3.82. The molecule has 0 saturated heterocycles. The highest BCUT2D eigenvalue weighted by Gasteiger charge is 2.10. The molecular weight excluding hydrogens is 321 g/mol. The van der Waals surface area contributed by atoms with Crippen molar-refractivity contribution in [3.63, 3.8) is 0 Å². The molecule has 0 bridgehead atoms. The Labute approximate surface area is 136 Å². The minimum Gasteiger partial charge on any atom is -0.366 e. The molecule has 0 saturated carbocycles. The largest absolute Gasteiger partial charge is 0.366 e. The number of carbonyl (C=O) groups is 1. The van der Waals surface area contributed by atoms with E-state index < -0.39 is 5.91 Å². The van der Waals surface area contributed by atoms with Gasteiger partial charge in [0, 0.05) is 29.5 Å². The summed E-state index contributed by atoms with van der Waals surface area (Å²) in [4.78, 5) is 19.7. The Hall–Kier alpha value is -2.17. The molecule has 2 aromatic heterocycles. The summed E-state index contributed by atoms with van der Waals surface area (Å²) >= 11 is 12.2. The first-order valence-electron chi connectivity index (χ1n) is 6.51. The van der Waals surface area contributed by atoms with Crippen LogP contribution in [0.15, 0.2) is 42.9 Å². The van der Waals surface area contributed by atoms with Crippen molar-refractivity contribution in [1.29, 1.82) is 0 Å². The maximum Gasteiger partial charge on any atom is 0.249 e. The zero-order chi connectivity index (χ0) is 15.7. The van der Waals surface area contributed by atoms with Gasteiger partial charge in [-0.2, -0.15) is 0 Å². The third-order valence-electron chi connectivity index (χ3n) is 3.33. The molecule has 2 N–H and O–H groups in total. The van der Waals surface area contributed by atoms with Crippen LogP contribution in [0.1, 0.15) is 21.5 Å². The molecular formula is C16H11Cl2N3O. The van der Waals surface area contributed by atoms with Gasteiger partial charge in [-0.1, -0.05) is 23.2 Å². The van der Waals surface area contributed by atoms with Crippen molar-refractivity contribution in [3.05, 3.63) is 69.6 Å². The number of benzene rings is 1. The van der Waals surface area contributed by atoms with Gasteiger partial charge >= 0.3 is 0 Å². The Morgan fingerprint density at radius 3 is 2.77 bits per heavy atom. The number of nitrogens with zero attached hydrogens (tertiary/aromatic N) is 2. The number of hydrogen-bond acceptors (Lipinski definition) is 3. The molecule has 0 radical (unpaired) electrons. The second-order valence-electron chi connectivity index (χ2n) is 4.88. The van der Waals surface area contributed by atoms with Crippen LogP contribution >= 0.6 is 23.2 Å². The lowest BCUT2D eigenvalue weighted by Gasteiger charge is -2.08. The molecule has 1 aromatic carbocycles. The van der Waals surface area contributed by atoms with E-state index in [1.165, 1.54) is 0 Å². The Bertz CT molecular complexity index is 880. The molecule has 2 heterocycles. The summed E-state index contributed by atoms with van der Waals surface area (Å²) in [5.41, 5.74) is 8.21. The number of halogens is 2. The number of pyridine rings is 2. The summed E-state index contributed by atoms with van der Waals surface area (Å²) in [7, 11) is 0. The van der Waals surface area contributed by atoms with Gasteiger partial charge in [-0.05, 0) is 41.8 Å². The first-order chi connectivity index (χ1) is 10.5. The average Bonchev–Trinajstić information content (AvgIpc) is 2.47. The van der Waals surface area contributed by atoms with E-state index in [1.54, 1.807) is 30.7 Å². The van der Waals surface area contributed by atoms with Crippen LogP contribution in [0.3, 0.4) is 0 Å². The van der Waals surface area contributed by atoms with Crippen LogP contribution in [0.5, 0.6) is 0 Å². The van der Waals surface area contributed by atoms with Gasteiger partial charge in [0.2, 0.25) is 5.91 Å². The van der Waals surface area contributed by atoms with E-state index >= 15 is 0 Å². The highest BCUT2D eigenvalue weighted by Crippen LogP contribution is 2.27. The van der Waals surface area contributed by atoms with Gasteiger partial charge in [0.1, 0.15) is 0 Å². The normalized spacial score (nSPS) is 10.8. The van der Waals surface area contributed by atoms with Crippen LogP contribution in [0.2, 0.25) is 10.0 Å². The molecule has 22 heavy (non-hydrogen) atoms. The molecule has 1 amide bonds. The molecule has 6 heteroatoms. The average molecular weight is 332 g/mol. The maximum absolute atomic E-state index is 11.5. The second kappa shape index (κ2) is 5.91. The summed E-state index contributed by atoms with van der Waals surface area (Å²) in [6, 6.07) is 7.18. The van der Waals surface area contributed by atoms with Crippen LogP contribution in [0.4, 0.5) is 0 Å². The fraction of sp³-hybridized carbons (Fsp3) is 0.0625. The number of hydrogen-bond donors (Lipinski definition) is 1. The minimum absolute atomic E-state index is 0.454. The minimum atomic E-state index is -0.478. The van der Waals surface area contributed by atoms with E-state index in [0.29, 0.717) is 27.5 Å². The zero-order valence-electron chi connectivity index (χ0n) is 11.4. The molecule has 0 aliphatic carbocycles. The molecule has 3 aromatic rings. The molecule has 0 aliphatic heterocycles. The Morgan fingerprint density at radius 1 is 1.18 bits per heavy atom. The van der Waals surface area contributed by atoms with E-state index in [1.807, 2.05) is 12.1 Å². The van der Waals surface area contributed by atoms with Crippen molar-refractivity contribution in [3.8, 4) is 0 Å². The summed E-state index contributed by atoms with van der Waals surface area (Å²) in [6.07, 6.45) is 5.23. The fourth-order valence-electron chi connectivity index (χ4n) is 2.37. The van der Waals surface area contributed by atoms with Crippen LogP contribution in [0, 0.1) is 0 Å². The van der Waals surface area contributed by atoms with Crippen LogP contribution in [-0.4, -0.2) is 15.9 Å². The van der Waals surface area contributed by atoms with Gasteiger partial charge in [0.05, 0.1) is 15.6 Å². The smallest absolute Gasteiger partial charge is 0.249 e. The number of primary amides is 1. The lowest BCUT2D eigenvalue weighted by Crippen LogP contribution is -2.14. The van der Waals surface area contributed by atoms with Crippen LogP contribution in [-0.2, 0) is 6.42 Å². The number of amides is 1. The molecule has 0 unspecified atom stereocenters. The summed E-state index contributed by atoms with van der Waals surface area (Å²) in [6.45, 7) is 0. The number of aromatic nitrogens is 2. The van der Waals surface area contributed by atoms with E-state index in [-0.39, 0.29) is 0 Å². The molecule has 0 spiro atoms. The van der Waals surface area contributed by atoms with Gasteiger partial charge in [-0.3, -0.25) is 14.8 Å². The van der Waals surface area contributed by atoms with Crippen molar-refractivity contribution in [1.82, 2.24) is 9.97 Å². The number of rotatable bonds is 3. The van der Waals surface area contributed by atoms with Crippen molar-refractivity contribution in [2.24, 2.45) is 5.73 Å².